The summed E-state index contributed by atoms with van der Waals surface area (Å²) in [5.41, 5.74) is 2.34. The fourth-order valence-corrected chi connectivity index (χ4v) is 2.45. The van der Waals surface area contributed by atoms with Gasteiger partial charge in [-0.15, -0.1) is 0 Å². The lowest BCUT2D eigenvalue weighted by atomic mass is 9.70. The van der Waals surface area contributed by atoms with Crippen LogP contribution >= 0.6 is 0 Å². The molecule has 1 aliphatic rings. The van der Waals surface area contributed by atoms with E-state index in [1.54, 1.807) is 0 Å². The molecule has 0 aliphatic heterocycles. The minimum Gasteiger partial charge on any atom is -0.337 e. The lowest BCUT2D eigenvalue weighted by Gasteiger charge is -2.38. The predicted octanol–water partition coefficient (Wildman–Crippen LogP) is 3.28. The van der Waals surface area contributed by atoms with Crippen molar-refractivity contribution in [2.75, 3.05) is 18.9 Å². The van der Waals surface area contributed by atoms with Gasteiger partial charge in [-0.2, -0.15) is 0 Å². The molecule has 1 atom stereocenters. The molecular weight excluding hydrogens is 250 g/mol. The average Bonchev–Trinajstić information content (AvgIpc) is 2.43. The number of hydrogen-bond acceptors (Lipinski definition) is 2. The van der Waals surface area contributed by atoms with Gasteiger partial charge in [0, 0.05) is 18.3 Å². The van der Waals surface area contributed by atoms with E-state index in [2.05, 4.69) is 29.8 Å². The number of urea groups is 1. The molecule has 0 spiro atoms. The zero-order valence-corrected chi connectivity index (χ0v) is 12.6. The molecule has 1 saturated carbocycles. The van der Waals surface area contributed by atoms with E-state index >= 15 is 0 Å². The van der Waals surface area contributed by atoms with Crippen LogP contribution in [0.4, 0.5) is 10.5 Å². The van der Waals surface area contributed by atoms with E-state index < -0.39 is 0 Å². The summed E-state index contributed by atoms with van der Waals surface area (Å²) in [6.45, 7) is 5.09. The molecule has 0 radical (unpaired) electrons. The number of benzene rings is 1. The Hall–Kier alpha value is -1.55. The fourth-order valence-electron chi connectivity index (χ4n) is 2.45. The van der Waals surface area contributed by atoms with Gasteiger partial charge in [-0.05, 0) is 49.9 Å². The van der Waals surface area contributed by atoms with Crippen LogP contribution in [0.1, 0.15) is 44.7 Å². The second-order valence-corrected chi connectivity index (χ2v) is 6.10. The summed E-state index contributed by atoms with van der Waals surface area (Å²) in [6, 6.07) is 8.14. The Morgan fingerprint density at radius 1 is 1.30 bits per heavy atom. The first-order chi connectivity index (χ1) is 9.52. The molecule has 0 bridgehead atoms. The molecule has 3 N–H and O–H groups in total. The average molecular weight is 275 g/mol. The molecule has 4 nitrogen and oxygen atoms in total. The van der Waals surface area contributed by atoms with Crippen LogP contribution < -0.4 is 16.0 Å². The van der Waals surface area contributed by atoms with Crippen molar-refractivity contribution in [3.05, 3.63) is 29.8 Å². The summed E-state index contributed by atoms with van der Waals surface area (Å²) >= 11 is 0. The smallest absolute Gasteiger partial charge is 0.319 e. The van der Waals surface area contributed by atoms with Crippen molar-refractivity contribution < 1.29 is 4.79 Å². The first-order valence-electron chi connectivity index (χ1n) is 7.34. The minimum absolute atomic E-state index is 0.118. The highest BCUT2D eigenvalue weighted by molar-refractivity contribution is 5.89. The van der Waals surface area contributed by atoms with Crippen LogP contribution in [0.3, 0.4) is 0 Å². The maximum Gasteiger partial charge on any atom is 0.319 e. The van der Waals surface area contributed by atoms with E-state index in [0.717, 1.165) is 12.2 Å². The molecular formula is C16H25N3O. The van der Waals surface area contributed by atoms with Crippen LogP contribution in [-0.2, 0) is 0 Å². The molecule has 20 heavy (non-hydrogen) atoms. The SMILES string of the molecule is CNC(C)c1ccc(NC(=O)NCC2(C)CCC2)cc1. The molecule has 0 heterocycles. The molecule has 4 heteroatoms. The summed E-state index contributed by atoms with van der Waals surface area (Å²) in [5.74, 6) is 0. The van der Waals surface area contributed by atoms with E-state index in [-0.39, 0.29) is 6.03 Å². The monoisotopic (exact) mass is 275 g/mol. The second-order valence-electron chi connectivity index (χ2n) is 6.10. The van der Waals surface area contributed by atoms with Crippen LogP contribution in [0.2, 0.25) is 0 Å². The molecule has 1 fully saturated rings. The van der Waals surface area contributed by atoms with Crippen molar-refractivity contribution >= 4 is 11.7 Å². The van der Waals surface area contributed by atoms with Crippen LogP contribution in [0.25, 0.3) is 0 Å². The first kappa shape index (κ1) is 14.9. The highest BCUT2D eigenvalue weighted by atomic mass is 16.2. The van der Waals surface area contributed by atoms with Gasteiger partial charge < -0.3 is 16.0 Å². The number of anilines is 1. The Labute approximate surface area is 121 Å². The number of amides is 2. The van der Waals surface area contributed by atoms with E-state index in [4.69, 9.17) is 0 Å². The largest absolute Gasteiger partial charge is 0.337 e. The molecule has 2 rings (SSSR count). The molecule has 2 amide bonds. The Balaban J connectivity index is 1.81. The minimum atomic E-state index is -0.118. The number of carbonyl (C=O) groups excluding carboxylic acids is 1. The molecule has 110 valence electrons. The third-order valence-electron chi connectivity index (χ3n) is 4.34. The highest BCUT2D eigenvalue weighted by Crippen LogP contribution is 2.39. The molecule has 1 aromatic carbocycles. The van der Waals surface area contributed by atoms with Gasteiger partial charge in [0.2, 0.25) is 0 Å². The van der Waals surface area contributed by atoms with Gasteiger partial charge in [-0.1, -0.05) is 25.5 Å². The van der Waals surface area contributed by atoms with Crippen molar-refractivity contribution in [1.82, 2.24) is 10.6 Å². The van der Waals surface area contributed by atoms with Gasteiger partial charge in [0.15, 0.2) is 0 Å². The number of hydrogen-bond donors (Lipinski definition) is 3. The van der Waals surface area contributed by atoms with Gasteiger partial charge in [0.1, 0.15) is 0 Å². The van der Waals surface area contributed by atoms with Gasteiger partial charge >= 0.3 is 6.03 Å². The van der Waals surface area contributed by atoms with Crippen LogP contribution in [-0.4, -0.2) is 19.6 Å². The normalized spacial score (nSPS) is 17.9. The van der Waals surface area contributed by atoms with Crippen molar-refractivity contribution in [3.8, 4) is 0 Å². The van der Waals surface area contributed by atoms with Gasteiger partial charge in [-0.25, -0.2) is 4.79 Å². The lowest BCUT2D eigenvalue weighted by Crippen LogP contribution is -2.41. The highest BCUT2D eigenvalue weighted by Gasteiger charge is 2.31. The molecule has 1 aromatic rings. The Morgan fingerprint density at radius 3 is 2.45 bits per heavy atom. The zero-order valence-electron chi connectivity index (χ0n) is 12.6. The summed E-state index contributed by atoms with van der Waals surface area (Å²) < 4.78 is 0. The van der Waals surface area contributed by atoms with Crippen molar-refractivity contribution in [3.63, 3.8) is 0 Å². The summed E-state index contributed by atoms with van der Waals surface area (Å²) in [6.07, 6.45) is 3.71. The summed E-state index contributed by atoms with van der Waals surface area (Å²) in [7, 11) is 1.94. The predicted molar refractivity (Wildman–Crippen MR) is 82.9 cm³/mol. The van der Waals surface area contributed by atoms with E-state index in [1.807, 2.05) is 31.3 Å². The van der Waals surface area contributed by atoms with E-state index in [1.165, 1.54) is 24.8 Å². The van der Waals surface area contributed by atoms with Crippen LogP contribution in [0, 0.1) is 5.41 Å². The lowest BCUT2D eigenvalue weighted by molar-refractivity contribution is 0.159. The zero-order chi connectivity index (χ0) is 14.6. The van der Waals surface area contributed by atoms with E-state index in [0.29, 0.717) is 11.5 Å². The summed E-state index contributed by atoms with van der Waals surface area (Å²) in [4.78, 5) is 11.8. The number of rotatable bonds is 5. The summed E-state index contributed by atoms with van der Waals surface area (Å²) in [5, 5.41) is 9.03. The Morgan fingerprint density at radius 2 is 1.95 bits per heavy atom. The maximum absolute atomic E-state index is 11.8. The van der Waals surface area contributed by atoms with Crippen molar-refractivity contribution in [2.24, 2.45) is 5.41 Å². The molecule has 1 unspecified atom stereocenters. The van der Waals surface area contributed by atoms with Crippen LogP contribution in [0.15, 0.2) is 24.3 Å². The van der Waals surface area contributed by atoms with E-state index in [9.17, 15) is 4.79 Å². The third kappa shape index (κ3) is 3.73. The Bertz CT molecular complexity index is 451. The first-order valence-corrected chi connectivity index (χ1v) is 7.34. The Kier molecular flexibility index (Phi) is 4.65. The quantitative estimate of drug-likeness (QED) is 0.772. The topological polar surface area (TPSA) is 53.2 Å². The van der Waals surface area contributed by atoms with Crippen molar-refractivity contribution in [2.45, 2.75) is 39.2 Å². The van der Waals surface area contributed by atoms with Crippen molar-refractivity contribution in [1.29, 1.82) is 0 Å². The number of carbonyl (C=O) groups is 1. The van der Waals surface area contributed by atoms with Crippen LogP contribution in [0.5, 0.6) is 0 Å². The maximum atomic E-state index is 11.8. The molecule has 1 aliphatic carbocycles. The molecule has 0 aromatic heterocycles. The van der Waals surface area contributed by atoms with Gasteiger partial charge in [-0.3, -0.25) is 0 Å². The molecule has 0 saturated heterocycles. The van der Waals surface area contributed by atoms with Gasteiger partial charge in [0.25, 0.3) is 0 Å². The second kappa shape index (κ2) is 6.27. The standard InChI is InChI=1S/C16H25N3O/c1-12(17-3)13-5-7-14(8-6-13)19-15(20)18-11-16(2)9-4-10-16/h5-8,12,17H,4,9-11H2,1-3H3,(H2,18,19,20). The number of nitrogens with one attached hydrogen (secondary N) is 3. The van der Waals surface area contributed by atoms with Gasteiger partial charge in [0.05, 0.1) is 0 Å². The fraction of sp³-hybridized carbons (Fsp3) is 0.562. The third-order valence-corrected chi connectivity index (χ3v) is 4.34.